The lowest BCUT2D eigenvalue weighted by molar-refractivity contribution is -0.119. The summed E-state index contributed by atoms with van der Waals surface area (Å²) in [4.78, 5) is 17.8. The van der Waals surface area contributed by atoms with Gasteiger partial charge in [-0.3, -0.25) is 9.79 Å². The van der Waals surface area contributed by atoms with Gasteiger partial charge in [0.25, 0.3) is 5.91 Å². The third-order valence-electron chi connectivity index (χ3n) is 3.94. The Labute approximate surface area is 136 Å². The summed E-state index contributed by atoms with van der Waals surface area (Å²) in [5.41, 5.74) is 4.03. The lowest BCUT2D eigenvalue weighted by atomic mass is 9.99. The Balaban J connectivity index is 1.95. The van der Waals surface area contributed by atoms with Crippen LogP contribution in [0.2, 0.25) is 0 Å². The number of carbonyl (C=O) groups excluding carboxylic acids is 1. The van der Waals surface area contributed by atoms with Crippen molar-refractivity contribution in [1.29, 1.82) is 0 Å². The van der Waals surface area contributed by atoms with Gasteiger partial charge in [-0.05, 0) is 30.3 Å². The van der Waals surface area contributed by atoms with Gasteiger partial charge < -0.3 is 4.90 Å². The highest BCUT2D eigenvalue weighted by molar-refractivity contribution is 6.21. The summed E-state index contributed by atoms with van der Waals surface area (Å²) in [5, 5.41) is 4.01. The molecule has 0 saturated carbocycles. The van der Waals surface area contributed by atoms with E-state index in [4.69, 9.17) is 0 Å². The molecule has 2 heterocycles. The predicted molar refractivity (Wildman–Crippen MR) is 86.2 cm³/mol. The number of amidine groups is 1. The van der Waals surface area contributed by atoms with E-state index in [0.29, 0.717) is 22.8 Å². The number of rotatable bonds is 1. The van der Waals surface area contributed by atoms with E-state index in [2.05, 4.69) is 15.5 Å². The lowest BCUT2D eigenvalue weighted by Crippen LogP contribution is -2.46. The number of anilines is 1. The molecule has 0 aliphatic carbocycles. The summed E-state index contributed by atoms with van der Waals surface area (Å²) in [5.74, 6) is -0.653. The number of halogens is 2. The van der Waals surface area contributed by atoms with Crippen molar-refractivity contribution in [2.75, 3.05) is 18.0 Å². The molecule has 2 aliphatic heterocycles. The number of aliphatic imine (C=N–C) groups is 1. The predicted octanol–water partition coefficient (Wildman–Crippen LogP) is 2.07. The van der Waals surface area contributed by atoms with Gasteiger partial charge in [-0.25, -0.2) is 14.2 Å². The van der Waals surface area contributed by atoms with E-state index in [1.54, 1.807) is 29.2 Å². The van der Waals surface area contributed by atoms with Gasteiger partial charge in [0.1, 0.15) is 18.2 Å². The minimum atomic E-state index is -0.459. The fourth-order valence-corrected chi connectivity index (χ4v) is 2.85. The lowest BCUT2D eigenvalue weighted by Gasteiger charge is -2.27. The Bertz CT molecular complexity index is 907. The van der Waals surface area contributed by atoms with Crippen molar-refractivity contribution in [2.24, 2.45) is 10.1 Å². The molecule has 1 N–H and O–H groups in total. The van der Waals surface area contributed by atoms with Crippen LogP contribution in [0, 0.1) is 11.6 Å². The standard InChI is InChI=1S/C17H12F2N4O/c18-10-5-6-14-12(7-10)17(11-3-1-2-4-13(11)19)20-8-15-21-22-16(24)9-23(14)15/h1-7H,8-9H2,(H,22,24). The van der Waals surface area contributed by atoms with Crippen LogP contribution < -0.4 is 10.3 Å². The van der Waals surface area contributed by atoms with Crippen LogP contribution in [-0.2, 0) is 4.79 Å². The monoisotopic (exact) mass is 326 g/mol. The molecule has 0 bridgehead atoms. The van der Waals surface area contributed by atoms with Crippen LogP contribution in [0.4, 0.5) is 14.5 Å². The van der Waals surface area contributed by atoms with E-state index >= 15 is 0 Å². The fraction of sp³-hybridized carbons (Fsp3) is 0.118. The van der Waals surface area contributed by atoms with Crippen LogP contribution >= 0.6 is 0 Å². The molecule has 5 nitrogen and oxygen atoms in total. The topological polar surface area (TPSA) is 57.1 Å². The van der Waals surface area contributed by atoms with Crippen LogP contribution in [0.25, 0.3) is 0 Å². The van der Waals surface area contributed by atoms with Gasteiger partial charge in [-0.2, -0.15) is 5.10 Å². The summed E-state index contributed by atoms with van der Waals surface area (Å²) in [6.45, 7) is 0.206. The second-order valence-electron chi connectivity index (χ2n) is 5.46. The van der Waals surface area contributed by atoms with E-state index in [1.807, 2.05) is 0 Å². The Morgan fingerprint density at radius 2 is 1.92 bits per heavy atom. The summed E-state index contributed by atoms with van der Waals surface area (Å²) < 4.78 is 28.1. The van der Waals surface area contributed by atoms with Gasteiger partial charge in [0.2, 0.25) is 0 Å². The first-order valence-electron chi connectivity index (χ1n) is 7.36. The second-order valence-corrected chi connectivity index (χ2v) is 5.46. The van der Waals surface area contributed by atoms with Gasteiger partial charge >= 0.3 is 0 Å². The molecule has 7 heteroatoms. The number of fused-ring (bicyclic) bond motifs is 3. The summed E-state index contributed by atoms with van der Waals surface area (Å²) in [6, 6.07) is 10.4. The Kier molecular flexibility index (Phi) is 3.34. The van der Waals surface area contributed by atoms with Crippen LogP contribution in [0.5, 0.6) is 0 Å². The zero-order chi connectivity index (χ0) is 16.7. The molecular formula is C17H12F2N4O. The summed E-state index contributed by atoms with van der Waals surface area (Å²) >= 11 is 0. The van der Waals surface area contributed by atoms with Crippen molar-refractivity contribution < 1.29 is 13.6 Å². The number of benzene rings is 2. The molecule has 2 aromatic carbocycles. The van der Waals surface area contributed by atoms with Crippen molar-refractivity contribution in [3.63, 3.8) is 0 Å². The molecule has 4 rings (SSSR count). The number of nitrogens with one attached hydrogen (secondary N) is 1. The quantitative estimate of drug-likeness (QED) is 0.872. The smallest absolute Gasteiger partial charge is 0.260 e. The normalized spacial score (nSPS) is 16.4. The maximum absolute atomic E-state index is 14.2. The molecule has 0 saturated heterocycles. The molecular weight excluding hydrogens is 314 g/mol. The number of amides is 1. The number of nitrogens with zero attached hydrogens (tertiary/aromatic N) is 3. The third-order valence-corrected chi connectivity index (χ3v) is 3.94. The molecule has 0 spiro atoms. The van der Waals surface area contributed by atoms with Crippen LogP contribution in [-0.4, -0.2) is 30.5 Å². The van der Waals surface area contributed by atoms with Crippen molar-refractivity contribution >= 4 is 23.1 Å². The van der Waals surface area contributed by atoms with E-state index < -0.39 is 11.6 Å². The highest BCUT2D eigenvalue weighted by Gasteiger charge is 2.29. The highest BCUT2D eigenvalue weighted by atomic mass is 19.1. The first-order valence-corrected chi connectivity index (χ1v) is 7.36. The molecule has 24 heavy (non-hydrogen) atoms. The van der Waals surface area contributed by atoms with Gasteiger partial charge in [-0.1, -0.05) is 12.1 Å². The summed E-state index contributed by atoms with van der Waals surface area (Å²) in [6.07, 6.45) is 0. The molecule has 0 radical (unpaired) electrons. The second kappa shape index (κ2) is 5.52. The van der Waals surface area contributed by atoms with Crippen molar-refractivity contribution in [1.82, 2.24) is 5.43 Å². The molecule has 120 valence electrons. The maximum Gasteiger partial charge on any atom is 0.260 e. The van der Waals surface area contributed by atoms with Gasteiger partial charge in [0.05, 0.1) is 17.9 Å². The molecule has 0 fully saturated rings. The first kappa shape index (κ1) is 14.5. The fourth-order valence-electron chi connectivity index (χ4n) is 2.85. The highest BCUT2D eigenvalue weighted by Crippen LogP contribution is 2.29. The van der Waals surface area contributed by atoms with Gasteiger partial charge in [0, 0.05) is 11.1 Å². The average Bonchev–Trinajstić information content (AvgIpc) is 2.72. The number of hydrogen-bond donors (Lipinski definition) is 1. The number of carbonyl (C=O) groups is 1. The first-order chi connectivity index (χ1) is 11.6. The molecule has 0 atom stereocenters. The maximum atomic E-state index is 14.2. The van der Waals surface area contributed by atoms with Gasteiger partial charge in [-0.15, -0.1) is 0 Å². The molecule has 1 amide bonds. The molecule has 0 unspecified atom stereocenters. The van der Waals surface area contributed by atoms with E-state index in [-0.39, 0.29) is 24.6 Å². The van der Waals surface area contributed by atoms with Crippen molar-refractivity contribution in [2.45, 2.75) is 0 Å². The molecule has 2 aromatic rings. The van der Waals surface area contributed by atoms with Crippen LogP contribution in [0.3, 0.4) is 0 Å². The van der Waals surface area contributed by atoms with E-state index in [9.17, 15) is 13.6 Å². The van der Waals surface area contributed by atoms with Crippen molar-refractivity contribution in [3.05, 3.63) is 65.2 Å². The Morgan fingerprint density at radius 3 is 2.75 bits per heavy atom. The molecule has 0 aromatic heterocycles. The minimum absolute atomic E-state index is 0.0531. The molecule has 2 aliphatic rings. The van der Waals surface area contributed by atoms with Crippen LogP contribution in [0.1, 0.15) is 11.1 Å². The number of hydrogen-bond acceptors (Lipinski definition) is 4. The van der Waals surface area contributed by atoms with E-state index in [1.165, 1.54) is 18.2 Å². The zero-order valence-corrected chi connectivity index (χ0v) is 12.5. The van der Waals surface area contributed by atoms with E-state index in [0.717, 1.165) is 0 Å². The zero-order valence-electron chi connectivity index (χ0n) is 12.5. The third kappa shape index (κ3) is 2.34. The van der Waals surface area contributed by atoms with Crippen molar-refractivity contribution in [3.8, 4) is 0 Å². The average molecular weight is 326 g/mol. The van der Waals surface area contributed by atoms with Gasteiger partial charge in [0.15, 0.2) is 5.84 Å². The van der Waals surface area contributed by atoms with Crippen LogP contribution in [0.15, 0.2) is 52.6 Å². The number of hydrazone groups is 1. The Hall–Kier alpha value is -3.09. The summed E-state index contributed by atoms with van der Waals surface area (Å²) in [7, 11) is 0. The largest absolute Gasteiger partial charge is 0.317 e. The SMILES string of the molecule is O=C1CN2C(=NN1)CN=C(c1ccccc1F)c1cc(F)ccc12. The minimum Gasteiger partial charge on any atom is -0.317 e. The Morgan fingerprint density at radius 1 is 1.08 bits per heavy atom.